The molecular weight excluding hydrogens is 276 g/mol. The molecule has 0 fully saturated rings. The molecule has 0 radical (unpaired) electrons. The Morgan fingerprint density at radius 1 is 1.43 bits per heavy atom. The molecule has 0 aromatic heterocycles. The third kappa shape index (κ3) is 58.6. The summed E-state index contributed by atoms with van der Waals surface area (Å²) in [4.78, 5) is 25.6. The molecule has 3 nitrogen and oxygen atoms in total. The second kappa shape index (κ2) is 6.57. The van der Waals surface area contributed by atoms with Crippen LogP contribution in [0.4, 0.5) is 0 Å². The summed E-state index contributed by atoms with van der Waals surface area (Å²) in [5, 5.41) is 0. The fourth-order valence-electron chi connectivity index (χ4n) is 0. The van der Waals surface area contributed by atoms with E-state index >= 15 is 0 Å². The molecule has 0 aromatic rings. The smallest absolute Gasteiger partial charge is 0.842 e. The van der Waals surface area contributed by atoms with E-state index in [9.17, 15) is 0 Å². The van der Waals surface area contributed by atoms with Crippen LogP contribution >= 0.6 is 22.0 Å². The summed E-state index contributed by atoms with van der Waals surface area (Å²) in [6.07, 6.45) is 0. The fraction of sp³-hybridized carbons (Fsp3) is 0. The zero-order valence-corrected chi connectivity index (χ0v) is 11.4. The van der Waals surface area contributed by atoms with Crippen LogP contribution in [0.25, 0.3) is 0 Å². The summed E-state index contributed by atoms with van der Waals surface area (Å²) in [6.45, 7) is 0. The van der Waals surface area contributed by atoms with Crippen LogP contribution in [0.1, 0.15) is 0 Å². The zero-order chi connectivity index (χ0) is 4.50. The predicted molar refractivity (Wildman–Crippen MR) is 33.8 cm³/mol. The van der Waals surface area contributed by atoms with E-state index in [0.29, 0.717) is 0 Å². The molecule has 0 aromatic carbocycles. The van der Waals surface area contributed by atoms with Gasteiger partial charge >= 0.3 is 48.9 Å². The molecule has 0 bridgehead atoms. The molecule has 1 unspecified atom stereocenters. The Balaban J connectivity index is -0.0000000800. The minimum Gasteiger partial charge on any atom is -0.842 e. The van der Waals surface area contributed by atoms with Crippen molar-refractivity contribution in [1.29, 1.82) is 0 Å². The first kappa shape index (κ1) is 16.2. The van der Waals surface area contributed by atoms with Crippen LogP contribution in [0.3, 0.4) is 0 Å². The minimum atomic E-state index is -4.42. The van der Waals surface area contributed by atoms with Crippen LogP contribution < -0.4 is 9.59 Å². The Hall–Kier alpha value is 2.45. The van der Waals surface area contributed by atoms with Gasteiger partial charge in [-0.05, 0) is 0 Å². The van der Waals surface area contributed by atoms with Crippen molar-refractivity contribution in [3.8, 4) is 0 Å². The van der Waals surface area contributed by atoms with Crippen LogP contribution in [0, 0.1) is 0 Å². The van der Waals surface area contributed by atoms with E-state index in [1.165, 1.54) is 0 Å². The monoisotopic (exact) mass is 282 g/mol. The van der Waals surface area contributed by atoms with Gasteiger partial charge in [0.2, 0.25) is 0 Å². The van der Waals surface area contributed by atoms with Gasteiger partial charge in [-0.2, -0.15) is 9.90 Å². The van der Waals surface area contributed by atoms with Gasteiger partial charge in [0.1, 0.15) is 0 Å². The summed E-state index contributed by atoms with van der Waals surface area (Å²) in [5.41, 5.74) is 0. The average Bonchev–Trinajstić information content (AvgIpc) is 0.722. The molecular formula is H5BaO3PSSi. The van der Waals surface area contributed by atoms with E-state index in [4.69, 9.17) is 14.4 Å². The first-order valence-electron chi connectivity index (χ1n) is 0.855. The Morgan fingerprint density at radius 3 is 1.43 bits per heavy atom. The number of hydrogen-bond donors (Lipinski definition) is 2. The van der Waals surface area contributed by atoms with Gasteiger partial charge in [0.15, 0.2) is 0 Å². The van der Waals surface area contributed by atoms with Gasteiger partial charge in [-0.25, -0.2) is 12.1 Å². The van der Waals surface area contributed by atoms with Crippen LogP contribution in [0.15, 0.2) is 0 Å². The number of thiol groups is 1. The summed E-state index contributed by atoms with van der Waals surface area (Å²) in [7, 11) is -4.42. The van der Waals surface area contributed by atoms with Crippen molar-refractivity contribution in [3.63, 3.8) is 0 Å². The van der Waals surface area contributed by atoms with Crippen molar-refractivity contribution < 1.29 is 14.4 Å². The van der Waals surface area contributed by atoms with E-state index in [0.717, 1.165) is 0 Å². The topological polar surface area (TPSA) is 66.3 Å². The molecule has 0 heterocycles. The Kier molecular flexibility index (Phi) is 15.2. The molecule has 40 valence electrons. The molecule has 0 saturated heterocycles. The van der Waals surface area contributed by atoms with Gasteiger partial charge in [0.25, 0.3) is 0 Å². The average molecular weight is 281 g/mol. The second-order valence-corrected chi connectivity index (χ2v) is 3.34. The number of hydrogen-bond acceptors (Lipinski definition) is 4. The van der Waals surface area contributed by atoms with Crippen LogP contribution in [0.2, 0.25) is 0 Å². The van der Waals surface area contributed by atoms with Crippen molar-refractivity contribution >= 4 is 78.8 Å². The van der Waals surface area contributed by atoms with Gasteiger partial charge < -0.3 is 14.4 Å². The van der Waals surface area contributed by atoms with Crippen LogP contribution in [-0.2, 0) is 0 Å². The van der Waals surface area contributed by atoms with E-state index in [1.54, 1.807) is 0 Å². The largest absolute Gasteiger partial charge is 2.00 e. The second-order valence-electron chi connectivity index (χ2n) is 0.548. The summed E-state index contributed by atoms with van der Waals surface area (Å²) in [6, 6.07) is 0. The van der Waals surface area contributed by atoms with Crippen molar-refractivity contribution in [2.45, 2.75) is 0 Å². The first-order chi connectivity index (χ1) is 2.00. The van der Waals surface area contributed by atoms with Crippen molar-refractivity contribution in [1.82, 2.24) is 0 Å². The summed E-state index contributed by atoms with van der Waals surface area (Å²) < 4.78 is 0. The summed E-state index contributed by atoms with van der Waals surface area (Å²) in [5.74, 6) is 0. The van der Waals surface area contributed by atoms with Crippen molar-refractivity contribution in [2.24, 2.45) is 0 Å². The third-order valence-corrected chi connectivity index (χ3v) is 0. The first-order valence-corrected chi connectivity index (χ1v) is 3.91. The molecule has 7 heavy (non-hydrogen) atoms. The van der Waals surface area contributed by atoms with Crippen molar-refractivity contribution in [2.75, 3.05) is 0 Å². The maximum Gasteiger partial charge on any atom is 2.00 e. The van der Waals surface area contributed by atoms with Gasteiger partial charge in [0, 0.05) is 0 Å². The molecule has 0 aliphatic rings. The Bertz CT molecular complexity index is 30.4. The van der Waals surface area contributed by atoms with E-state index < -0.39 is 7.95 Å². The van der Waals surface area contributed by atoms with Crippen molar-refractivity contribution in [3.05, 3.63) is 0 Å². The van der Waals surface area contributed by atoms with E-state index in [-0.39, 0.29) is 58.8 Å². The minimum absolute atomic E-state index is 0. The normalized spacial score (nSPS) is 8.57. The molecule has 0 aliphatic heterocycles. The Labute approximate surface area is 91.6 Å². The van der Waals surface area contributed by atoms with Gasteiger partial charge in [-0.15, -0.1) is 0 Å². The number of rotatable bonds is 0. The van der Waals surface area contributed by atoms with Gasteiger partial charge in [0.05, 0.1) is 7.95 Å². The Morgan fingerprint density at radius 2 is 1.43 bits per heavy atom. The molecule has 0 saturated carbocycles. The third-order valence-electron chi connectivity index (χ3n) is 0. The predicted octanol–water partition coefficient (Wildman–Crippen LogP) is -3.26. The van der Waals surface area contributed by atoms with Gasteiger partial charge in [-0.3, -0.25) is 0 Å². The SMILES string of the molecule is P.[Ba+2].[O-][Si]([O-])(O)S. The molecule has 1 N–H and O–H groups in total. The maximum atomic E-state index is 9.11. The maximum absolute atomic E-state index is 9.11. The fourth-order valence-corrected chi connectivity index (χ4v) is 0. The molecule has 1 atom stereocenters. The standard InChI is InChI=1S/Ba.H2O3SSi.H3P/c;1-5(2,3)4;/h;1,4H;1H3/q+2;-2;. The van der Waals surface area contributed by atoms with E-state index in [1.807, 2.05) is 0 Å². The molecule has 7 heteroatoms. The summed E-state index contributed by atoms with van der Waals surface area (Å²) >= 11 is 2.71. The molecule has 0 rings (SSSR count). The quantitative estimate of drug-likeness (QED) is 0.278. The van der Waals surface area contributed by atoms with E-state index in [2.05, 4.69) is 12.1 Å². The zero-order valence-electron chi connectivity index (χ0n) is 3.63. The molecule has 0 spiro atoms. The van der Waals surface area contributed by atoms with Gasteiger partial charge in [-0.1, -0.05) is 0 Å². The molecule has 0 aliphatic carbocycles. The van der Waals surface area contributed by atoms with Crippen LogP contribution in [0.5, 0.6) is 0 Å². The molecule has 0 amide bonds. The van der Waals surface area contributed by atoms with Crippen LogP contribution in [-0.4, -0.2) is 61.6 Å².